The van der Waals surface area contributed by atoms with Crippen LogP contribution in [0.25, 0.3) is 0 Å². The molecule has 4 nitrogen and oxygen atoms in total. The summed E-state index contributed by atoms with van der Waals surface area (Å²) in [7, 11) is 0. The lowest BCUT2D eigenvalue weighted by atomic mass is 10.1. The summed E-state index contributed by atoms with van der Waals surface area (Å²) in [6.45, 7) is -0.0524. The smallest absolute Gasteiger partial charge is 0.299 e. The maximum Gasteiger partial charge on any atom is 0.299 e. The molecule has 0 radical (unpaired) electrons. The van der Waals surface area contributed by atoms with Crippen LogP contribution < -0.4 is 4.90 Å². The first-order valence-corrected chi connectivity index (χ1v) is 6.31. The summed E-state index contributed by atoms with van der Waals surface area (Å²) in [5.41, 5.74) is 0.313. The van der Waals surface area contributed by atoms with Crippen molar-refractivity contribution in [3.8, 4) is 0 Å². The van der Waals surface area contributed by atoms with Gasteiger partial charge in [-0.05, 0) is 18.2 Å². The van der Waals surface area contributed by atoms with Gasteiger partial charge in [0.1, 0.15) is 0 Å². The molecule has 0 N–H and O–H groups in total. The van der Waals surface area contributed by atoms with Gasteiger partial charge in [0.2, 0.25) is 0 Å². The van der Waals surface area contributed by atoms with E-state index in [4.69, 9.17) is 11.6 Å². The lowest BCUT2D eigenvalue weighted by molar-refractivity contribution is -0.114. The van der Waals surface area contributed by atoms with Crippen LogP contribution in [-0.2, 0) is 11.3 Å². The molecule has 1 aromatic heterocycles. The molecular formula is C14H7ClF2N2O2. The molecule has 0 unspecified atom stereocenters. The summed E-state index contributed by atoms with van der Waals surface area (Å²) in [6.07, 6.45) is 1.45. The van der Waals surface area contributed by atoms with E-state index >= 15 is 0 Å². The predicted molar refractivity (Wildman–Crippen MR) is 71.1 cm³/mol. The molecule has 1 aliphatic heterocycles. The van der Waals surface area contributed by atoms with Crippen LogP contribution in [0.2, 0.25) is 5.02 Å². The van der Waals surface area contributed by atoms with Crippen molar-refractivity contribution in [1.29, 1.82) is 0 Å². The van der Waals surface area contributed by atoms with Gasteiger partial charge in [-0.2, -0.15) is 0 Å². The number of nitrogens with zero attached hydrogens (tertiary/aromatic N) is 2. The van der Waals surface area contributed by atoms with Crippen LogP contribution in [0.4, 0.5) is 14.5 Å². The number of carbonyl (C=O) groups is 2. The number of hydrogen-bond donors (Lipinski definition) is 0. The maximum absolute atomic E-state index is 13.3. The number of ketones is 1. The van der Waals surface area contributed by atoms with Crippen molar-refractivity contribution in [2.24, 2.45) is 0 Å². The Morgan fingerprint density at radius 1 is 1.14 bits per heavy atom. The Labute approximate surface area is 123 Å². The van der Waals surface area contributed by atoms with Gasteiger partial charge < -0.3 is 0 Å². The summed E-state index contributed by atoms with van der Waals surface area (Å²) in [4.78, 5) is 28.8. The molecular weight excluding hydrogens is 302 g/mol. The van der Waals surface area contributed by atoms with Crippen LogP contribution in [0.3, 0.4) is 0 Å². The second-order valence-electron chi connectivity index (χ2n) is 4.47. The molecule has 1 amide bonds. The monoisotopic (exact) mass is 308 g/mol. The molecule has 0 saturated carbocycles. The fourth-order valence-corrected chi connectivity index (χ4v) is 2.33. The van der Waals surface area contributed by atoms with E-state index in [0.717, 1.165) is 17.0 Å². The lowest BCUT2D eigenvalue weighted by Crippen LogP contribution is -2.29. The third-order valence-electron chi connectivity index (χ3n) is 3.11. The summed E-state index contributed by atoms with van der Waals surface area (Å²) in [5.74, 6) is -4.01. The third kappa shape index (κ3) is 2.27. The van der Waals surface area contributed by atoms with Gasteiger partial charge in [-0.1, -0.05) is 11.6 Å². The number of halogens is 3. The molecule has 1 aliphatic rings. The van der Waals surface area contributed by atoms with Crippen molar-refractivity contribution >= 4 is 29.0 Å². The highest BCUT2D eigenvalue weighted by molar-refractivity contribution is 6.52. The van der Waals surface area contributed by atoms with Gasteiger partial charge in [0, 0.05) is 17.3 Å². The minimum Gasteiger partial charge on any atom is -0.299 e. The Kier molecular flexibility index (Phi) is 3.17. The fraction of sp³-hybridized carbons (Fsp3) is 0.0714. The van der Waals surface area contributed by atoms with Gasteiger partial charge in [0.05, 0.1) is 23.5 Å². The summed E-state index contributed by atoms with van der Waals surface area (Å²) >= 11 is 5.82. The molecule has 21 heavy (non-hydrogen) atoms. The SMILES string of the molecule is O=C1C(=O)N(Cc2cc(Cl)ccn2)c2cc(F)c(F)cc21. The highest BCUT2D eigenvalue weighted by Crippen LogP contribution is 2.32. The van der Waals surface area contributed by atoms with E-state index in [1.807, 2.05) is 0 Å². The molecule has 106 valence electrons. The van der Waals surface area contributed by atoms with E-state index in [9.17, 15) is 18.4 Å². The number of benzene rings is 1. The van der Waals surface area contributed by atoms with E-state index in [1.165, 1.54) is 12.3 Å². The number of Topliss-reactive ketones (excluding diaryl/α,β-unsaturated/α-hetero) is 1. The molecule has 2 aromatic rings. The zero-order valence-electron chi connectivity index (χ0n) is 10.4. The lowest BCUT2D eigenvalue weighted by Gasteiger charge is -2.16. The first-order chi connectivity index (χ1) is 9.97. The largest absolute Gasteiger partial charge is 0.299 e. The van der Waals surface area contributed by atoms with E-state index in [2.05, 4.69) is 4.98 Å². The number of fused-ring (bicyclic) bond motifs is 1. The maximum atomic E-state index is 13.3. The first kappa shape index (κ1) is 13.6. The molecule has 0 saturated heterocycles. The second kappa shape index (κ2) is 4.89. The van der Waals surface area contributed by atoms with Crippen LogP contribution in [-0.4, -0.2) is 16.7 Å². The molecule has 0 spiro atoms. The average Bonchev–Trinajstić information content (AvgIpc) is 2.65. The Hall–Kier alpha value is -2.34. The minimum absolute atomic E-state index is 0.0330. The topological polar surface area (TPSA) is 50.3 Å². The molecule has 7 heteroatoms. The van der Waals surface area contributed by atoms with Crippen molar-refractivity contribution < 1.29 is 18.4 Å². The molecule has 0 bridgehead atoms. The minimum atomic E-state index is -1.17. The standard InChI is InChI=1S/C14H7ClF2N2O2/c15-7-1-2-18-8(3-7)6-19-12-5-11(17)10(16)4-9(12)13(20)14(19)21/h1-5H,6H2. The van der Waals surface area contributed by atoms with Gasteiger partial charge in [0.15, 0.2) is 11.6 Å². The molecule has 1 aromatic carbocycles. The third-order valence-corrected chi connectivity index (χ3v) is 3.35. The van der Waals surface area contributed by atoms with Gasteiger partial charge >= 0.3 is 0 Å². The average molecular weight is 309 g/mol. The van der Waals surface area contributed by atoms with Crippen molar-refractivity contribution in [3.63, 3.8) is 0 Å². The van der Waals surface area contributed by atoms with Crippen LogP contribution in [0.15, 0.2) is 30.5 Å². The number of hydrogen-bond acceptors (Lipinski definition) is 3. The molecule has 0 fully saturated rings. The van der Waals surface area contributed by atoms with Gasteiger partial charge in [-0.15, -0.1) is 0 Å². The van der Waals surface area contributed by atoms with Crippen LogP contribution >= 0.6 is 11.6 Å². The number of aromatic nitrogens is 1. The van der Waals surface area contributed by atoms with Crippen molar-refractivity contribution in [1.82, 2.24) is 4.98 Å². The highest BCUT2D eigenvalue weighted by atomic mass is 35.5. The molecule has 3 rings (SSSR count). The van der Waals surface area contributed by atoms with E-state index in [-0.39, 0.29) is 17.8 Å². The van der Waals surface area contributed by atoms with Crippen LogP contribution in [0.1, 0.15) is 16.1 Å². The number of pyridine rings is 1. The number of anilines is 1. The predicted octanol–water partition coefficient (Wildman–Crippen LogP) is 2.74. The Morgan fingerprint density at radius 3 is 2.57 bits per heavy atom. The number of carbonyl (C=O) groups excluding carboxylic acids is 2. The Bertz CT molecular complexity index is 780. The Balaban J connectivity index is 2.03. The summed E-state index contributed by atoms with van der Waals surface area (Å²) in [5, 5.41) is 0.420. The van der Waals surface area contributed by atoms with Crippen LogP contribution in [0, 0.1) is 11.6 Å². The second-order valence-corrected chi connectivity index (χ2v) is 4.91. The Morgan fingerprint density at radius 2 is 1.86 bits per heavy atom. The van der Waals surface area contributed by atoms with E-state index in [0.29, 0.717) is 10.7 Å². The molecule has 0 atom stereocenters. The summed E-state index contributed by atoms with van der Waals surface area (Å²) in [6, 6.07) is 4.65. The highest BCUT2D eigenvalue weighted by Gasteiger charge is 2.37. The van der Waals surface area contributed by atoms with E-state index < -0.39 is 23.3 Å². The van der Waals surface area contributed by atoms with Crippen LogP contribution in [0.5, 0.6) is 0 Å². The van der Waals surface area contributed by atoms with Gasteiger partial charge in [-0.3, -0.25) is 19.5 Å². The molecule has 0 aliphatic carbocycles. The normalized spacial score (nSPS) is 13.8. The molecule has 2 heterocycles. The van der Waals surface area contributed by atoms with E-state index in [1.54, 1.807) is 6.07 Å². The quantitative estimate of drug-likeness (QED) is 0.802. The van der Waals surface area contributed by atoms with Crippen molar-refractivity contribution in [3.05, 3.63) is 58.4 Å². The first-order valence-electron chi connectivity index (χ1n) is 5.93. The zero-order chi connectivity index (χ0) is 15.1. The zero-order valence-corrected chi connectivity index (χ0v) is 11.2. The number of rotatable bonds is 2. The van der Waals surface area contributed by atoms with Crippen molar-refractivity contribution in [2.75, 3.05) is 4.90 Å². The fourth-order valence-electron chi connectivity index (χ4n) is 2.14. The van der Waals surface area contributed by atoms with Gasteiger partial charge in [0.25, 0.3) is 11.7 Å². The van der Waals surface area contributed by atoms with Gasteiger partial charge in [-0.25, -0.2) is 8.78 Å². The summed E-state index contributed by atoms with van der Waals surface area (Å²) < 4.78 is 26.5. The number of amides is 1. The van der Waals surface area contributed by atoms with Crippen molar-refractivity contribution in [2.45, 2.75) is 6.54 Å².